The second-order valence-corrected chi connectivity index (χ2v) is 7.78. The molecule has 2 fully saturated rings. The zero-order valence-corrected chi connectivity index (χ0v) is 16.2. The SMILES string of the molecule is COc1cccc([C@H](CNC(=O)[C@H]2C[C@H]2c2ccc(F)cc2)N2CCCC2)c1. The van der Waals surface area contributed by atoms with E-state index in [4.69, 9.17) is 4.74 Å². The van der Waals surface area contributed by atoms with E-state index in [0.717, 1.165) is 30.8 Å². The lowest BCUT2D eigenvalue weighted by Crippen LogP contribution is -2.37. The molecule has 2 aromatic carbocycles. The number of amides is 1. The number of carbonyl (C=O) groups excluding carboxylic acids is 1. The van der Waals surface area contributed by atoms with Crippen LogP contribution < -0.4 is 10.1 Å². The molecule has 0 unspecified atom stereocenters. The van der Waals surface area contributed by atoms with Crippen LogP contribution in [0.25, 0.3) is 0 Å². The average Bonchev–Trinajstić information content (AvgIpc) is 3.35. The summed E-state index contributed by atoms with van der Waals surface area (Å²) in [7, 11) is 1.68. The zero-order chi connectivity index (χ0) is 19.5. The summed E-state index contributed by atoms with van der Waals surface area (Å²) in [5.74, 6) is 0.905. The van der Waals surface area contributed by atoms with Crippen LogP contribution in [-0.4, -0.2) is 37.6 Å². The second-order valence-electron chi connectivity index (χ2n) is 7.78. The van der Waals surface area contributed by atoms with Crippen LogP contribution in [0, 0.1) is 11.7 Å². The molecule has 4 nitrogen and oxygen atoms in total. The Morgan fingerprint density at radius 3 is 2.68 bits per heavy atom. The Labute approximate surface area is 165 Å². The number of rotatable bonds is 7. The number of nitrogens with zero attached hydrogens (tertiary/aromatic N) is 1. The van der Waals surface area contributed by atoms with Crippen LogP contribution in [0.15, 0.2) is 48.5 Å². The van der Waals surface area contributed by atoms with Gasteiger partial charge in [-0.3, -0.25) is 9.69 Å². The molecule has 1 amide bonds. The van der Waals surface area contributed by atoms with Crippen molar-refractivity contribution in [2.75, 3.05) is 26.7 Å². The van der Waals surface area contributed by atoms with Gasteiger partial charge >= 0.3 is 0 Å². The Kier molecular flexibility index (Phi) is 5.62. The summed E-state index contributed by atoms with van der Waals surface area (Å²) in [4.78, 5) is 15.1. The first-order chi connectivity index (χ1) is 13.7. The van der Waals surface area contributed by atoms with Crippen LogP contribution in [0.1, 0.15) is 42.3 Å². The number of hydrogen-bond acceptors (Lipinski definition) is 3. The van der Waals surface area contributed by atoms with E-state index in [1.54, 1.807) is 19.2 Å². The molecule has 3 atom stereocenters. The molecular formula is C23H27FN2O2. The maximum absolute atomic E-state index is 13.1. The van der Waals surface area contributed by atoms with E-state index in [1.807, 2.05) is 12.1 Å². The van der Waals surface area contributed by atoms with Gasteiger partial charge in [-0.05, 0) is 73.7 Å². The standard InChI is InChI=1S/C23H27FN2O2/c1-28-19-6-4-5-17(13-19)22(26-11-2-3-12-26)15-25-23(27)21-14-20(21)16-7-9-18(24)10-8-16/h4-10,13,20-22H,2-3,11-12,14-15H2,1H3,(H,25,27)/t20-,21-,22-/m0/s1. The van der Waals surface area contributed by atoms with Gasteiger partial charge in [0.2, 0.25) is 5.91 Å². The molecule has 1 saturated heterocycles. The molecule has 2 aliphatic rings. The van der Waals surface area contributed by atoms with Crippen LogP contribution in [0.4, 0.5) is 4.39 Å². The highest BCUT2D eigenvalue weighted by Crippen LogP contribution is 2.47. The minimum Gasteiger partial charge on any atom is -0.497 e. The van der Waals surface area contributed by atoms with Gasteiger partial charge < -0.3 is 10.1 Å². The fraction of sp³-hybridized carbons (Fsp3) is 0.435. The average molecular weight is 382 g/mol. The van der Waals surface area contributed by atoms with E-state index in [9.17, 15) is 9.18 Å². The summed E-state index contributed by atoms with van der Waals surface area (Å²) in [6, 6.07) is 14.8. The quantitative estimate of drug-likeness (QED) is 0.790. The molecule has 28 heavy (non-hydrogen) atoms. The summed E-state index contributed by atoms with van der Waals surface area (Å²) in [5.41, 5.74) is 2.22. The zero-order valence-electron chi connectivity index (χ0n) is 16.2. The van der Waals surface area contributed by atoms with Crippen LogP contribution >= 0.6 is 0 Å². The first-order valence-electron chi connectivity index (χ1n) is 10.1. The van der Waals surface area contributed by atoms with Gasteiger partial charge in [-0.1, -0.05) is 24.3 Å². The fourth-order valence-corrected chi connectivity index (χ4v) is 4.25. The van der Waals surface area contributed by atoms with E-state index in [1.165, 1.54) is 30.5 Å². The Bertz CT molecular complexity index is 818. The maximum atomic E-state index is 13.1. The molecule has 5 heteroatoms. The highest BCUT2D eigenvalue weighted by molar-refractivity contribution is 5.82. The van der Waals surface area contributed by atoms with Crippen LogP contribution in [0.3, 0.4) is 0 Å². The van der Waals surface area contributed by atoms with Gasteiger partial charge in [0, 0.05) is 12.5 Å². The van der Waals surface area contributed by atoms with Gasteiger partial charge in [0.05, 0.1) is 13.2 Å². The third-order valence-electron chi connectivity index (χ3n) is 5.96. The van der Waals surface area contributed by atoms with Crippen LogP contribution in [-0.2, 0) is 4.79 Å². The van der Waals surface area contributed by atoms with Gasteiger partial charge in [0.15, 0.2) is 0 Å². The van der Waals surface area contributed by atoms with Crippen LogP contribution in [0.5, 0.6) is 5.75 Å². The van der Waals surface area contributed by atoms with E-state index in [2.05, 4.69) is 22.3 Å². The number of hydrogen-bond donors (Lipinski definition) is 1. The van der Waals surface area contributed by atoms with Crippen molar-refractivity contribution < 1.29 is 13.9 Å². The largest absolute Gasteiger partial charge is 0.497 e. The minimum atomic E-state index is -0.239. The maximum Gasteiger partial charge on any atom is 0.223 e. The number of nitrogens with one attached hydrogen (secondary N) is 1. The molecule has 1 saturated carbocycles. The minimum absolute atomic E-state index is 0.00463. The van der Waals surface area contributed by atoms with E-state index in [-0.39, 0.29) is 29.6 Å². The fourth-order valence-electron chi connectivity index (χ4n) is 4.25. The predicted octanol–water partition coefficient (Wildman–Crippen LogP) is 3.89. The molecule has 2 aromatic rings. The molecular weight excluding hydrogens is 355 g/mol. The number of ether oxygens (including phenoxy) is 1. The lowest BCUT2D eigenvalue weighted by Gasteiger charge is -2.28. The van der Waals surface area contributed by atoms with E-state index >= 15 is 0 Å². The summed E-state index contributed by atoms with van der Waals surface area (Å²) in [6.07, 6.45) is 3.23. The number of likely N-dealkylation sites (tertiary alicyclic amines) is 1. The van der Waals surface area contributed by atoms with Gasteiger partial charge in [0.25, 0.3) is 0 Å². The molecule has 4 rings (SSSR count). The van der Waals surface area contributed by atoms with Crippen molar-refractivity contribution >= 4 is 5.91 Å². The highest BCUT2D eigenvalue weighted by Gasteiger charge is 2.44. The molecule has 0 aromatic heterocycles. The van der Waals surface area contributed by atoms with Crippen LogP contribution in [0.2, 0.25) is 0 Å². The van der Waals surface area contributed by atoms with Gasteiger partial charge in [0.1, 0.15) is 11.6 Å². The lowest BCUT2D eigenvalue weighted by atomic mass is 10.0. The molecule has 1 aliphatic carbocycles. The Morgan fingerprint density at radius 1 is 1.21 bits per heavy atom. The summed E-state index contributed by atoms with van der Waals surface area (Å²) >= 11 is 0. The first kappa shape index (κ1) is 18.9. The molecule has 148 valence electrons. The summed E-state index contributed by atoms with van der Waals surface area (Å²) < 4.78 is 18.5. The first-order valence-corrected chi connectivity index (χ1v) is 10.1. The van der Waals surface area contributed by atoms with Crippen molar-refractivity contribution in [2.24, 2.45) is 5.92 Å². The summed E-state index contributed by atoms with van der Waals surface area (Å²) in [5, 5.41) is 3.17. The van der Waals surface area contributed by atoms with Gasteiger partial charge in [-0.25, -0.2) is 4.39 Å². The molecule has 1 aliphatic heterocycles. The third-order valence-corrected chi connectivity index (χ3v) is 5.96. The molecule has 0 spiro atoms. The lowest BCUT2D eigenvalue weighted by molar-refractivity contribution is -0.122. The van der Waals surface area contributed by atoms with E-state index in [0.29, 0.717) is 6.54 Å². The molecule has 1 N–H and O–H groups in total. The Morgan fingerprint density at radius 2 is 1.96 bits per heavy atom. The van der Waals surface area contributed by atoms with Crippen molar-refractivity contribution in [1.82, 2.24) is 10.2 Å². The van der Waals surface area contributed by atoms with Crippen molar-refractivity contribution in [1.29, 1.82) is 0 Å². The number of carbonyl (C=O) groups is 1. The molecule has 1 heterocycles. The van der Waals surface area contributed by atoms with Crippen molar-refractivity contribution in [3.8, 4) is 5.75 Å². The van der Waals surface area contributed by atoms with Crippen molar-refractivity contribution in [3.63, 3.8) is 0 Å². The highest BCUT2D eigenvalue weighted by atomic mass is 19.1. The van der Waals surface area contributed by atoms with Gasteiger partial charge in [-0.15, -0.1) is 0 Å². The Hall–Kier alpha value is -2.40. The van der Waals surface area contributed by atoms with Crippen molar-refractivity contribution in [2.45, 2.75) is 31.2 Å². The molecule has 0 bridgehead atoms. The number of halogens is 1. The van der Waals surface area contributed by atoms with E-state index < -0.39 is 0 Å². The topological polar surface area (TPSA) is 41.6 Å². The monoisotopic (exact) mass is 382 g/mol. The number of benzene rings is 2. The summed E-state index contributed by atoms with van der Waals surface area (Å²) in [6.45, 7) is 2.71. The second kappa shape index (κ2) is 8.31. The smallest absolute Gasteiger partial charge is 0.223 e. The van der Waals surface area contributed by atoms with Crippen molar-refractivity contribution in [3.05, 3.63) is 65.5 Å². The predicted molar refractivity (Wildman–Crippen MR) is 107 cm³/mol. The normalized spacial score (nSPS) is 22.6. The Balaban J connectivity index is 1.40. The van der Waals surface area contributed by atoms with Gasteiger partial charge in [-0.2, -0.15) is 0 Å². The molecule has 0 radical (unpaired) electrons. The number of methoxy groups -OCH3 is 1. The third kappa shape index (κ3) is 4.20.